The fourth-order valence-electron chi connectivity index (χ4n) is 3.39. The molecule has 1 amide bonds. The van der Waals surface area contributed by atoms with Crippen LogP contribution in [0.15, 0.2) is 16.5 Å². The predicted molar refractivity (Wildman–Crippen MR) is 75.4 cm³/mol. The van der Waals surface area contributed by atoms with Crippen molar-refractivity contribution >= 4 is 18.3 Å². The minimum Gasteiger partial charge on any atom is -0.456 e. The number of halogens is 1. The number of hydrogen-bond acceptors (Lipinski definition) is 3. The molecule has 0 radical (unpaired) electrons. The highest BCUT2D eigenvalue weighted by molar-refractivity contribution is 5.91. The van der Waals surface area contributed by atoms with E-state index in [1.54, 1.807) is 6.07 Å². The van der Waals surface area contributed by atoms with Gasteiger partial charge in [0.05, 0.1) is 0 Å². The number of likely N-dealkylation sites (tertiary alicyclic amines) is 1. The predicted octanol–water partition coefficient (Wildman–Crippen LogP) is 2.21. The Bertz CT molecular complexity index is 460. The molecule has 1 saturated carbocycles. The normalized spacial score (nSPS) is 29.8. The van der Waals surface area contributed by atoms with E-state index < -0.39 is 0 Å². The summed E-state index contributed by atoms with van der Waals surface area (Å²) in [5.74, 6) is 2.34. The maximum absolute atomic E-state index is 12.3. The van der Waals surface area contributed by atoms with Crippen LogP contribution < -0.4 is 5.73 Å². The summed E-state index contributed by atoms with van der Waals surface area (Å²) in [7, 11) is 0. The zero-order valence-electron chi connectivity index (χ0n) is 11.2. The van der Waals surface area contributed by atoms with Crippen LogP contribution in [-0.2, 0) is 0 Å². The van der Waals surface area contributed by atoms with Gasteiger partial charge in [0.25, 0.3) is 5.91 Å². The number of fused-ring (bicyclic) bond motifs is 1. The van der Waals surface area contributed by atoms with Gasteiger partial charge >= 0.3 is 0 Å². The molecular formula is C14H21ClN2O2. The Labute approximate surface area is 119 Å². The van der Waals surface area contributed by atoms with E-state index in [4.69, 9.17) is 10.2 Å². The summed E-state index contributed by atoms with van der Waals surface area (Å²) in [4.78, 5) is 14.2. The summed E-state index contributed by atoms with van der Waals surface area (Å²) in [6.45, 7) is 3.50. The Kier molecular flexibility index (Phi) is 4.21. The molecule has 106 valence electrons. The Morgan fingerprint density at radius 1 is 1.37 bits per heavy atom. The van der Waals surface area contributed by atoms with Gasteiger partial charge in [0, 0.05) is 19.1 Å². The van der Waals surface area contributed by atoms with Gasteiger partial charge in [0.15, 0.2) is 5.76 Å². The first-order valence-corrected chi connectivity index (χ1v) is 6.76. The number of aryl methyl sites for hydroxylation is 1. The van der Waals surface area contributed by atoms with Crippen molar-refractivity contribution in [2.75, 3.05) is 13.1 Å². The number of nitrogens with two attached hydrogens (primary N) is 1. The highest BCUT2D eigenvalue weighted by atomic mass is 35.5. The molecular weight excluding hydrogens is 264 g/mol. The van der Waals surface area contributed by atoms with Crippen molar-refractivity contribution in [1.82, 2.24) is 4.90 Å². The number of amides is 1. The molecule has 1 aliphatic carbocycles. The lowest BCUT2D eigenvalue weighted by molar-refractivity contribution is 0.0750. The molecule has 0 bridgehead atoms. The average molecular weight is 285 g/mol. The van der Waals surface area contributed by atoms with E-state index in [1.807, 2.05) is 17.9 Å². The van der Waals surface area contributed by atoms with Crippen LogP contribution in [0.2, 0.25) is 0 Å². The van der Waals surface area contributed by atoms with Gasteiger partial charge in [-0.05, 0) is 43.7 Å². The molecule has 2 heterocycles. The molecule has 1 aliphatic heterocycles. The summed E-state index contributed by atoms with van der Waals surface area (Å²) in [6.07, 6.45) is 3.51. The van der Waals surface area contributed by atoms with E-state index in [1.165, 1.54) is 12.8 Å². The van der Waals surface area contributed by atoms with E-state index in [0.717, 1.165) is 25.3 Å². The first-order valence-electron chi connectivity index (χ1n) is 6.76. The topological polar surface area (TPSA) is 59.5 Å². The van der Waals surface area contributed by atoms with Crippen molar-refractivity contribution in [2.24, 2.45) is 17.6 Å². The van der Waals surface area contributed by atoms with Gasteiger partial charge in [-0.1, -0.05) is 6.42 Å². The van der Waals surface area contributed by atoms with Crippen LogP contribution in [-0.4, -0.2) is 29.9 Å². The van der Waals surface area contributed by atoms with Crippen LogP contribution >= 0.6 is 12.4 Å². The fraction of sp³-hybridized carbons (Fsp3) is 0.643. The molecule has 1 aromatic heterocycles. The van der Waals surface area contributed by atoms with Gasteiger partial charge in [-0.2, -0.15) is 0 Å². The van der Waals surface area contributed by atoms with Crippen LogP contribution in [0.25, 0.3) is 0 Å². The average Bonchev–Trinajstić information content (AvgIpc) is 2.95. The van der Waals surface area contributed by atoms with E-state index >= 15 is 0 Å². The standard InChI is InChI=1S/C14H20N2O2.ClH/c1-9-5-6-13(18-9)14(17)16-7-10-3-2-4-12(15)11(10)8-16;/h5-6,10-12H,2-4,7-8,15H2,1H3;1H. The number of nitrogens with zero attached hydrogens (tertiary/aromatic N) is 1. The third-order valence-corrected chi connectivity index (χ3v) is 4.39. The first kappa shape index (κ1) is 14.4. The molecule has 1 aromatic rings. The molecule has 2 N–H and O–H groups in total. The van der Waals surface area contributed by atoms with Gasteiger partial charge in [0.2, 0.25) is 0 Å². The maximum atomic E-state index is 12.3. The number of rotatable bonds is 1. The second-order valence-electron chi connectivity index (χ2n) is 5.64. The molecule has 0 aromatic carbocycles. The molecule has 3 atom stereocenters. The summed E-state index contributed by atoms with van der Waals surface area (Å²) in [5.41, 5.74) is 6.16. The van der Waals surface area contributed by atoms with Crippen molar-refractivity contribution in [3.05, 3.63) is 23.7 Å². The number of hydrogen-bond donors (Lipinski definition) is 1. The first-order chi connectivity index (χ1) is 8.65. The second-order valence-corrected chi connectivity index (χ2v) is 5.64. The van der Waals surface area contributed by atoms with Crippen molar-refractivity contribution in [3.8, 4) is 0 Å². The molecule has 4 nitrogen and oxygen atoms in total. The zero-order valence-corrected chi connectivity index (χ0v) is 12.0. The Morgan fingerprint density at radius 3 is 2.79 bits per heavy atom. The molecule has 19 heavy (non-hydrogen) atoms. The van der Waals surface area contributed by atoms with Gasteiger partial charge in [-0.15, -0.1) is 12.4 Å². The molecule has 2 fully saturated rings. The molecule has 5 heteroatoms. The highest BCUT2D eigenvalue weighted by Gasteiger charge is 2.40. The van der Waals surface area contributed by atoms with Crippen LogP contribution in [0.4, 0.5) is 0 Å². The quantitative estimate of drug-likeness (QED) is 0.860. The van der Waals surface area contributed by atoms with Gasteiger partial charge < -0.3 is 15.1 Å². The summed E-state index contributed by atoms with van der Waals surface area (Å²) < 4.78 is 5.42. The number of carbonyl (C=O) groups excluding carboxylic acids is 1. The van der Waals surface area contributed by atoms with Crippen LogP contribution in [0.3, 0.4) is 0 Å². The van der Waals surface area contributed by atoms with Crippen LogP contribution in [0.1, 0.15) is 35.6 Å². The van der Waals surface area contributed by atoms with Gasteiger partial charge in [-0.3, -0.25) is 4.79 Å². The second kappa shape index (κ2) is 5.55. The molecule has 1 saturated heterocycles. The van der Waals surface area contributed by atoms with Crippen molar-refractivity contribution in [1.29, 1.82) is 0 Å². The van der Waals surface area contributed by atoms with Crippen LogP contribution in [0.5, 0.6) is 0 Å². The minimum absolute atomic E-state index is 0. The summed E-state index contributed by atoms with van der Waals surface area (Å²) >= 11 is 0. The van der Waals surface area contributed by atoms with E-state index in [2.05, 4.69) is 0 Å². The summed E-state index contributed by atoms with van der Waals surface area (Å²) in [6, 6.07) is 3.86. The summed E-state index contributed by atoms with van der Waals surface area (Å²) in [5, 5.41) is 0. The molecule has 3 unspecified atom stereocenters. The van der Waals surface area contributed by atoms with Gasteiger partial charge in [-0.25, -0.2) is 0 Å². The van der Waals surface area contributed by atoms with E-state index in [9.17, 15) is 4.79 Å². The maximum Gasteiger partial charge on any atom is 0.289 e. The van der Waals surface area contributed by atoms with Crippen molar-refractivity contribution < 1.29 is 9.21 Å². The van der Waals surface area contributed by atoms with Gasteiger partial charge in [0.1, 0.15) is 5.76 Å². The highest BCUT2D eigenvalue weighted by Crippen LogP contribution is 2.36. The lowest BCUT2D eigenvalue weighted by Gasteiger charge is -2.29. The lowest BCUT2D eigenvalue weighted by atomic mass is 9.78. The smallest absolute Gasteiger partial charge is 0.289 e. The number of furan rings is 1. The zero-order chi connectivity index (χ0) is 12.7. The van der Waals surface area contributed by atoms with Crippen molar-refractivity contribution in [2.45, 2.75) is 32.2 Å². The van der Waals surface area contributed by atoms with E-state index in [0.29, 0.717) is 17.6 Å². The Balaban J connectivity index is 0.00000133. The third kappa shape index (κ3) is 2.65. The molecule has 2 aliphatic rings. The Hall–Kier alpha value is -1.00. The van der Waals surface area contributed by atoms with Crippen molar-refractivity contribution in [3.63, 3.8) is 0 Å². The number of carbonyl (C=O) groups is 1. The monoisotopic (exact) mass is 284 g/mol. The lowest BCUT2D eigenvalue weighted by Crippen LogP contribution is -2.38. The van der Waals surface area contributed by atoms with E-state index in [-0.39, 0.29) is 24.4 Å². The molecule has 0 spiro atoms. The third-order valence-electron chi connectivity index (χ3n) is 4.39. The van der Waals surface area contributed by atoms with Crippen LogP contribution in [0, 0.1) is 18.8 Å². The Morgan fingerprint density at radius 2 is 2.16 bits per heavy atom. The largest absolute Gasteiger partial charge is 0.456 e. The molecule has 3 rings (SSSR count). The minimum atomic E-state index is 0. The fourth-order valence-corrected chi connectivity index (χ4v) is 3.39. The SMILES string of the molecule is Cc1ccc(C(=O)N2CC3CCCC(N)C3C2)o1.Cl.